The van der Waals surface area contributed by atoms with E-state index in [0.29, 0.717) is 0 Å². The van der Waals surface area contributed by atoms with Crippen molar-refractivity contribution in [3.63, 3.8) is 0 Å². The van der Waals surface area contributed by atoms with Gasteiger partial charge in [-0.1, -0.05) is 0 Å². The third kappa shape index (κ3) is 63.2. The Hall–Kier alpha value is 8.60. The van der Waals surface area contributed by atoms with Crippen molar-refractivity contribution in [3.8, 4) is 0 Å². The Bertz CT molecular complexity index is 362. The Morgan fingerprint density at radius 1 is 0.417 bits per heavy atom. The molecule has 112 valence electrons. The molecule has 24 heteroatoms. The normalized spacial score (nSPS) is 10.3. The maximum Gasteiger partial charge on any atom is 2.00 e. The molecule has 0 aromatic rings. The van der Waals surface area contributed by atoms with Gasteiger partial charge in [0.2, 0.25) is 0 Å². The van der Waals surface area contributed by atoms with E-state index in [1.54, 1.807) is 0 Å². The van der Waals surface area contributed by atoms with Gasteiger partial charge >= 0.3 is 252 Å². The number of hydrogen-bond acceptors (Lipinski definition) is 14. The minimum Gasteiger partial charge on any atom is -0.790 e. The zero-order valence-corrected chi connectivity index (χ0v) is 31.8. The van der Waals surface area contributed by atoms with E-state index in [9.17, 15) is 57.4 Å². The van der Waals surface area contributed by atoms with Crippen LogP contribution in [0.1, 0.15) is 0 Å². The molecule has 14 nitrogen and oxygen atoms in total. The van der Waals surface area contributed by atoms with E-state index >= 15 is 0 Å². The topological polar surface area (TPSA) is 271 Å². The molecule has 0 heterocycles. The number of rotatable bonds is 4. The molecule has 0 bridgehead atoms. The molecule has 0 unspecified atom stereocenters. The van der Waals surface area contributed by atoms with Crippen molar-refractivity contribution in [3.05, 3.63) is 0 Å². The standard InChI is InChI=1S/4K.2Mg.2H4O7P2/c;;;;;;2*1-8(2,3)7-9(4,5)6/h;;;;;;2*(H2,1,2,3)(H2,4,5,6)/q4*+1;2*+2;;/p-8. The SMILES string of the molecule is O=P([O-])([O-])OP(=O)([O-])[O-].O=P([O-])([O-])OP(=O)([O-])[O-].[K+].[K+].[K+].[K+].[Mg+2].[Mg+2]. The van der Waals surface area contributed by atoms with Gasteiger partial charge in [0.05, 0.1) is 31.3 Å². The second-order valence-corrected chi connectivity index (χ2v) is 6.84. The van der Waals surface area contributed by atoms with Crippen molar-refractivity contribution in [2.24, 2.45) is 0 Å². The Labute approximate surface area is 338 Å². The van der Waals surface area contributed by atoms with Gasteiger partial charge in [0, 0.05) is 0 Å². The molecule has 0 saturated heterocycles. The average Bonchev–Trinajstić information content (AvgIpc) is 1.64. The summed E-state index contributed by atoms with van der Waals surface area (Å²) < 4.78 is 42.3. The van der Waals surface area contributed by atoms with Gasteiger partial charge in [-0.25, -0.2) is 0 Å². The van der Waals surface area contributed by atoms with Gasteiger partial charge in [-0.15, -0.1) is 0 Å². The van der Waals surface area contributed by atoms with E-state index in [1.165, 1.54) is 0 Å². The molecule has 0 amide bonds. The van der Waals surface area contributed by atoms with Crippen LogP contribution in [0.2, 0.25) is 0 Å². The molecule has 0 aromatic heterocycles. The van der Waals surface area contributed by atoms with Gasteiger partial charge in [-0.2, -0.15) is 0 Å². The molecule has 0 aliphatic rings. The van der Waals surface area contributed by atoms with Crippen LogP contribution in [0.25, 0.3) is 0 Å². The molecular weight excluding hydrogens is 553 g/mol. The van der Waals surface area contributed by atoms with Crippen molar-refractivity contribution >= 4 is 77.4 Å². The fraction of sp³-hybridized carbons (Fsp3) is 0. The summed E-state index contributed by atoms with van der Waals surface area (Å²) in [6, 6.07) is 0. The molecule has 0 rings (SSSR count). The second kappa shape index (κ2) is 24.7. The van der Waals surface area contributed by atoms with Crippen molar-refractivity contribution in [1.29, 1.82) is 0 Å². The van der Waals surface area contributed by atoms with Crippen LogP contribution >= 0.6 is 31.3 Å². The molecule has 0 aromatic carbocycles. The van der Waals surface area contributed by atoms with E-state index in [-0.39, 0.29) is 252 Å². The van der Waals surface area contributed by atoms with E-state index in [1.807, 2.05) is 0 Å². The van der Waals surface area contributed by atoms with Crippen LogP contribution in [0.3, 0.4) is 0 Å². The smallest absolute Gasteiger partial charge is 0.790 e. The van der Waals surface area contributed by atoms with Gasteiger partial charge in [0.25, 0.3) is 0 Å². The molecule has 0 radical (unpaired) electrons. The molecular formula is K4Mg2O14P4. The van der Waals surface area contributed by atoms with E-state index in [0.717, 1.165) is 0 Å². The molecule has 0 atom stereocenters. The summed E-state index contributed by atoms with van der Waals surface area (Å²) in [6.45, 7) is 0. The fourth-order valence-corrected chi connectivity index (χ4v) is 2.20. The maximum atomic E-state index is 9.32. The van der Waals surface area contributed by atoms with E-state index in [2.05, 4.69) is 8.62 Å². The zero-order chi connectivity index (χ0) is 15.4. The fourth-order valence-electron chi connectivity index (χ4n) is 0.245. The quantitative estimate of drug-likeness (QED) is 0.231. The summed E-state index contributed by atoms with van der Waals surface area (Å²) in [5.41, 5.74) is 0. The van der Waals surface area contributed by atoms with Crippen LogP contribution < -0.4 is 245 Å². The van der Waals surface area contributed by atoms with Crippen LogP contribution in [0.4, 0.5) is 0 Å². The maximum absolute atomic E-state index is 9.32. The van der Waals surface area contributed by atoms with Crippen molar-refractivity contribution in [2.75, 3.05) is 0 Å². The summed E-state index contributed by atoms with van der Waals surface area (Å²) in [5.74, 6) is 0. The third-order valence-electron chi connectivity index (χ3n) is 0.400. The van der Waals surface area contributed by atoms with Crippen LogP contribution in [0.5, 0.6) is 0 Å². The molecule has 0 spiro atoms. The molecule has 0 fully saturated rings. The van der Waals surface area contributed by atoms with Crippen LogP contribution in [0, 0.1) is 0 Å². The first kappa shape index (κ1) is 53.8. The largest absolute Gasteiger partial charge is 2.00 e. The summed E-state index contributed by atoms with van der Waals surface area (Å²) in [4.78, 5) is 74.6. The molecule has 0 aliphatic heterocycles. The van der Waals surface area contributed by atoms with Gasteiger partial charge in [-0.3, -0.25) is 0 Å². The minimum atomic E-state index is -5.68. The second-order valence-electron chi connectivity index (χ2n) is 1.95. The van der Waals surface area contributed by atoms with Crippen LogP contribution in [0.15, 0.2) is 0 Å². The first-order valence-corrected chi connectivity index (χ1v) is 8.76. The van der Waals surface area contributed by atoms with Crippen LogP contribution in [-0.4, -0.2) is 46.1 Å². The zero-order valence-electron chi connectivity index (χ0n) is 12.9. The summed E-state index contributed by atoms with van der Waals surface area (Å²) in [6.07, 6.45) is 0. The number of hydrogen-bond donors (Lipinski definition) is 0. The average molecular weight is 553 g/mol. The summed E-state index contributed by atoms with van der Waals surface area (Å²) >= 11 is 0. The molecule has 24 heavy (non-hydrogen) atoms. The number of phosphoric acid groups is 4. The van der Waals surface area contributed by atoms with Crippen molar-refractivity contribution in [1.82, 2.24) is 0 Å². The predicted molar refractivity (Wildman–Crippen MR) is 44.1 cm³/mol. The molecule has 0 aliphatic carbocycles. The van der Waals surface area contributed by atoms with Crippen molar-refractivity contribution in [2.45, 2.75) is 0 Å². The minimum absolute atomic E-state index is 0. The van der Waals surface area contributed by atoms with Gasteiger partial charge in [-0.05, 0) is 0 Å². The predicted octanol–water partition coefficient (Wildman–Crippen LogP) is -19.4. The van der Waals surface area contributed by atoms with Crippen LogP contribution in [-0.2, 0) is 26.9 Å². The monoisotopic (exact) mass is 552 g/mol. The Kier molecular flexibility index (Phi) is 55.4. The van der Waals surface area contributed by atoms with Crippen molar-refractivity contribution < 1.29 is 272 Å². The first-order chi connectivity index (χ1) is 7.41. The third-order valence-corrected chi connectivity index (χ3v) is 3.60. The van der Waals surface area contributed by atoms with E-state index in [4.69, 9.17) is 0 Å². The molecule has 0 saturated carbocycles. The van der Waals surface area contributed by atoms with Gasteiger partial charge < -0.3 is 66.0 Å². The molecule has 0 N–H and O–H groups in total. The Balaban J connectivity index is -0.0000000284. The summed E-state index contributed by atoms with van der Waals surface area (Å²) in [5, 5.41) is 0. The van der Waals surface area contributed by atoms with E-state index < -0.39 is 31.3 Å². The Morgan fingerprint density at radius 2 is 0.500 bits per heavy atom. The van der Waals surface area contributed by atoms with Gasteiger partial charge in [0.15, 0.2) is 0 Å². The first-order valence-electron chi connectivity index (χ1n) is 2.92. The van der Waals surface area contributed by atoms with Gasteiger partial charge in [0.1, 0.15) is 0 Å². The Morgan fingerprint density at radius 3 is 0.500 bits per heavy atom. The summed E-state index contributed by atoms with van der Waals surface area (Å²) in [7, 11) is -22.7.